The van der Waals surface area contributed by atoms with Gasteiger partial charge in [0.05, 0.1) is 25.0 Å². The highest BCUT2D eigenvalue weighted by Gasteiger charge is 2.23. The fourth-order valence-electron chi connectivity index (χ4n) is 3.78. The molecule has 5 nitrogen and oxygen atoms in total. The van der Waals surface area contributed by atoms with Crippen LogP contribution in [0.15, 0.2) is 36.5 Å². The van der Waals surface area contributed by atoms with Gasteiger partial charge in [-0.05, 0) is 36.6 Å². The Morgan fingerprint density at radius 1 is 0.885 bits per heavy atom. The zero-order chi connectivity index (χ0) is 18.6. The molecule has 26 heavy (non-hydrogen) atoms. The number of methoxy groups -OCH3 is 2. The molecule has 5 heteroatoms. The van der Waals surface area contributed by atoms with Crippen molar-refractivity contribution >= 4 is 27.1 Å². The smallest absolute Gasteiger partial charge is 0.222 e. The molecule has 0 aliphatic carbocycles. The van der Waals surface area contributed by atoms with Crippen molar-refractivity contribution in [1.82, 2.24) is 0 Å². The van der Waals surface area contributed by atoms with E-state index in [1.807, 2.05) is 42.6 Å². The molecule has 0 aliphatic heterocycles. The third-order valence-corrected chi connectivity index (χ3v) is 5.09. The minimum Gasteiger partial charge on any atom is -0.504 e. The fourth-order valence-corrected chi connectivity index (χ4v) is 3.78. The van der Waals surface area contributed by atoms with Crippen LogP contribution in [0.1, 0.15) is 11.3 Å². The number of aromatic hydroxyl groups is 2. The van der Waals surface area contributed by atoms with Gasteiger partial charge in [0.2, 0.25) is 5.52 Å². The largest absolute Gasteiger partial charge is 0.504 e. The Morgan fingerprint density at radius 2 is 1.62 bits per heavy atom. The summed E-state index contributed by atoms with van der Waals surface area (Å²) in [6, 6.07) is 9.25. The van der Waals surface area contributed by atoms with Crippen molar-refractivity contribution in [3.63, 3.8) is 0 Å². The molecular weight excluding hydrogens is 330 g/mol. The van der Waals surface area contributed by atoms with Gasteiger partial charge in [-0.1, -0.05) is 0 Å². The first-order chi connectivity index (χ1) is 12.5. The van der Waals surface area contributed by atoms with Crippen LogP contribution in [0.2, 0.25) is 0 Å². The van der Waals surface area contributed by atoms with Gasteiger partial charge in [0.25, 0.3) is 0 Å². The van der Waals surface area contributed by atoms with E-state index in [2.05, 4.69) is 0 Å². The molecule has 0 radical (unpaired) electrons. The molecule has 2 N–H and O–H groups in total. The summed E-state index contributed by atoms with van der Waals surface area (Å²) in [4.78, 5) is 0. The van der Waals surface area contributed by atoms with Gasteiger partial charge < -0.3 is 19.7 Å². The lowest BCUT2D eigenvalue weighted by molar-refractivity contribution is -0.517. The number of hydrogen-bond acceptors (Lipinski definition) is 4. The van der Waals surface area contributed by atoms with Gasteiger partial charge in [-0.2, -0.15) is 4.40 Å². The van der Waals surface area contributed by atoms with Crippen LogP contribution < -0.4 is 13.9 Å². The van der Waals surface area contributed by atoms with Crippen LogP contribution in [0.4, 0.5) is 0 Å². The maximum Gasteiger partial charge on any atom is 0.222 e. The quantitative estimate of drug-likeness (QED) is 0.328. The summed E-state index contributed by atoms with van der Waals surface area (Å²) in [5.41, 5.74) is 2.89. The predicted molar refractivity (Wildman–Crippen MR) is 101 cm³/mol. The van der Waals surface area contributed by atoms with Crippen molar-refractivity contribution in [2.24, 2.45) is 0 Å². The topological polar surface area (TPSA) is 63.0 Å². The summed E-state index contributed by atoms with van der Waals surface area (Å²) >= 11 is 0. The minimum atomic E-state index is 0.0998. The molecule has 0 unspecified atom stereocenters. The molecule has 0 fully saturated rings. The van der Waals surface area contributed by atoms with Gasteiger partial charge in [0.1, 0.15) is 0 Å². The van der Waals surface area contributed by atoms with Crippen LogP contribution in [-0.2, 0) is 0 Å². The molecule has 0 atom stereocenters. The van der Waals surface area contributed by atoms with Crippen LogP contribution in [0.25, 0.3) is 27.1 Å². The monoisotopic (exact) mass is 350 g/mol. The maximum atomic E-state index is 10.6. The Morgan fingerprint density at radius 3 is 2.31 bits per heavy atom. The zero-order valence-corrected chi connectivity index (χ0v) is 15.1. The lowest BCUT2D eigenvalue weighted by Crippen LogP contribution is -2.27. The number of aryl methyl sites for hydroxylation is 2. The van der Waals surface area contributed by atoms with Crippen LogP contribution in [0.3, 0.4) is 0 Å². The Labute approximate surface area is 150 Å². The van der Waals surface area contributed by atoms with E-state index in [1.54, 1.807) is 19.2 Å². The number of hydrogen-bond donors (Lipinski definition) is 2. The molecular formula is C21H20NO4+. The second-order valence-corrected chi connectivity index (χ2v) is 6.40. The molecule has 4 rings (SSSR count). The van der Waals surface area contributed by atoms with E-state index in [1.165, 1.54) is 7.11 Å². The third-order valence-electron chi connectivity index (χ3n) is 5.09. The highest BCUT2D eigenvalue weighted by atomic mass is 16.5. The second kappa shape index (κ2) is 5.66. The number of phenols is 2. The van der Waals surface area contributed by atoms with Gasteiger partial charge in [-0.15, -0.1) is 0 Å². The van der Waals surface area contributed by atoms with E-state index < -0.39 is 0 Å². The van der Waals surface area contributed by atoms with Crippen LogP contribution in [-0.4, -0.2) is 24.4 Å². The average molecular weight is 350 g/mol. The standard InChI is InChI=1S/C21H19NO4/c1-11-14-5-6-17(25-3)21(24)19(14)12(2)22-8-7-13-9-18(26-4)16(23)10-15(13)20(11)22/h5-10,23H,1-4H3/p+1. The first-order valence-corrected chi connectivity index (χ1v) is 8.31. The Balaban J connectivity index is 2.24. The minimum absolute atomic E-state index is 0.0998. The number of phenolic OH excluding ortho intramolecular Hbond substituents is 2. The van der Waals surface area contributed by atoms with Crippen molar-refractivity contribution in [3.8, 4) is 23.0 Å². The van der Waals surface area contributed by atoms with E-state index in [0.717, 1.165) is 38.3 Å². The van der Waals surface area contributed by atoms with Gasteiger partial charge >= 0.3 is 0 Å². The molecule has 0 spiro atoms. The summed E-state index contributed by atoms with van der Waals surface area (Å²) < 4.78 is 12.5. The molecule has 4 aromatic rings. The summed E-state index contributed by atoms with van der Waals surface area (Å²) in [7, 11) is 3.08. The van der Waals surface area contributed by atoms with Crippen LogP contribution in [0, 0.1) is 13.8 Å². The third kappa shape index (κ3) is 2.07. The lowest BCUT2D eigenvalue weighted by Gasteiger charge is -2.12. The fraction of sp³-hybridized carbons (Fsp3) is 0.190. The molecule has 132 valence electrons. The number of rotatable bonds is 2. The molecule has 2 heterocycles. The zero-order valence-electron chi connectivity index (χ0n) is 15.1. The molecule has 0 amide bonds. The number of nitrogens with zero attached hydrogens (tertiary/aromatic N) is 1. The highest BCUT2D eigenvalue weighted by molar-refractivity contribution is 6.03. The van der Waals surface area contributed by atoms with Gasteiger partial charge in [-0.25, -0.2) is 0 Å². The van der Waals surface area contributed by atoms with Gasteiger partial charge in [-0.3, -0.25) is 0 Å². The Hall–Kier alpha value is -3.21. The Kier molecular flexibility index (Phi) is 3.54. The van der Waals surface area contributed by atoms with E-state index in [9.17, 15) is 10.2 Å². The number of pyridine rings is 2. The van der Waals surface area contributed by atoms with E-state index in [-0.39, 0.29) is 11.5 Å². The molecule has 0 saturated carbocycles. The molecule has 0 aliphatic rings. The average Bonchev–Trinajstić information content (AvgIpc) is 2.64. The van der Waals surface area contributed by atoms with Crippen molar-refractivity contribution in [2.45, 2.75) is 13.8 Å². The molecule has 2 aromatic heterocycles. The predicted octanol–water partition coefficient (Wildman–Crippen LogP) is 3.78. The SMILES string of the molecule is COc1cc2cc[n+]3c(C)c4c(O)c(OC)ccc4c(C)c3c2cc1O. The van der Waals surface area contributed by atoms with Crippen LogP contribution >= 0.6 is 0 Å². The molecule has 0 bridgehead atoms. The maximum absolute atomic E-state index is 10.6. The second-order valence-electron chi connectivity index (χ2n) is 6.40. The first-order valence-electron chi connectivity index (χ1n) is 8.31. The van der Waals surface area contributed by atoms with Crippen LogP contribution in [0.5, 0.6) is 23.0 Å². The molecule has 0 saturated heterocycles. The number of fused-ring (bicyclic) bond motifs is 4. The Bertz CT molecular complexity index is 1200. The van der Waals surface area contributed by atoms with Crippen molar-refractivity contribution in [3.05, 3.63) is 47.8 Å². The first kappa shape index (κ1) is 16.3. The van der Waals surface area contributed by atoms with Crippen molar-refractivity contribution < 1.29 is 24.1 Å². The van der Waals surface area contributed by atoms with Crippen molar-refractivity contribution in [2.75, 3.05) is 14.2 Å². The highest BCUT2D eigenvalue weighted by Crippen LogP contribution is 2.39. The number of aromatic nitrogens is 1. The molecule has 2 aromatic carbocycles. The number of ether oxygens (including phenoxy) is 2. The lowest BCUT2D eigenvalue weighted by atomic mass is 9.99. The van der Waals surface area contributed by atoms with E-state index >= 15 is 0 Å². The van der Waals surface area contributed by atoms with E-state index in [0.29, 0.717) is 11.5 Å². The number of benzene rings is 2. The van der Waals surface area contributed by atoms with E-state index in [4.69, 9.17) is 9.47 Å². The van der Waals surface area contributed by atoms with Gasteiger partial charge in [0.15, 0.2) is 34.9 Å². The van der Waals surface area contributed by atoms with Crippen molar-refractivity contribution in [1.29, 1.82) is 0 Å². The summed E-state index contributed by atoms with van der Waals surface area (Å²) in [5.74, 6) is 1.13. The summed E-state index contributed by atoms with van der Waals surface area (Å²) in [6.45, 7) is 3.98. The summed E-state index contributed by atoms with van der Waals surface area (Å²) in [6.07, 6.45) is 1.97. The normalized spacial score (nSPS) is 11.4. The summed E-state index contributed by atoms with van der Waals surface area (Å²) in [5, 5.41) is 24.5. The van der Waals surface area contributed by atoms with Gasteiger partial charge in [0, 0.05) is 23.9 Å².